The third-order valence-electron chi connectivity index (χ3n) is 1.18. The van der Waals surface area contributed by atoms with E-state index in [0.717, 1.165) is 0 Å². The van der Waals surface area contributed by atoms with Crippen molar-refractivity contribution in [2.24, 2.45) is 0 Å². The summed E-state index contributed by atoms with van der Waals surface area (Å²) in [5.41, 5.74) is 1.19. The number of aromatic nitrogens is 1. The molecule has 0 N–H and O–H groups in total. The van der Waals surface area contributed by atoms with E-state index in [1.54, 1.807) is 12.4 Å². The summed E-state index contributed by atoms with van der Waals surface area (Å²) in [7, 11) is 4.02. The van der Waals surface area contributed by atoms with Gasteiger partial charge in [0.05, 0.1) is 0 Å². The maximum Gasteiger partial charge on any atom is 0.0391 e. The first-order valence-corrected chi connectivity index (χ1v) is 2.88. The first-order valence-electron chi connectivity index (χ1n) is 2.88. The summed E-state index contributed by atoms with van der Waals surface area (Å²) in [6, 6.07) is 3.94. The molecule has 1 aromatic heterocycles. The van der Waals surface area contributed by atoms with E-state index in [-0.39, 0.29) is 22.4 Å². The molecule has 59 valence electrons. The molecule has 1 rings (SSSR count). The van der Waals surface area contributed by atoms with Crippen LogP contribution >= 0.6 is 0 Å². The van der Waals surface area contributed by atoms with Gasteiger partial charge in [-0.05, 0) is 12.1 Å². The van der Waals surface area contributed by atoms with E-state index in [0.29, 0.717) is 0 Å². The molecule has 0 amide bonds. The molecule has 10 heavy (non-hydrogen) atoms. The summed E-state index contributed by atoms with van der Waals surface area (Å²) >= 11 is 0. The summed E-state index contributed by atoms with van der Waals surface area (Å²) < 4.78 is 0. The second kappa shape index (κ2) is 4.50. The zero-order valence-electron chi connectivity index (χ0n) is 6.01. The minimum Gasteiger partial charge on any atom is -0.378 e. The number of hydrogen-bond acceptors (Lipinski definition) is 2. The fraction of sp³-hybridized carbons (Fsp3) is 0.286. The number of hydrogen-bond donors (Lipinski definition) is 0. The Bertz CT molecular complexity index is 174. The maximum absolute atomic E-state index is 3.90. The van der Waals surface area contributed by atoms with Gasteiger partial charge in [-0.15, -0.1) is 0 Å². The smallest absolute Gasteiger partial charge is 0.0391 e. The van der Waals surface area contributed by atoms with E-state index < -0.39 is 0 Å². The van der Waals surface area contributed by atoms with Crippen LogP contribution in [0, 0.1) is 0 Å². The van der Waals surface area contributed by atoms with Crippen LogP contribution in [-0.4, -0.2) is 19.1 Å². The summed E-state index contributed by atoms with van der Waals surface area (Å²) in [5, 5.41) is 0. The van der Waals surface area contributed by atoms with Gasteiger partial charge in [-0.25, -0.2) is 0 Å². The van der Waals surface area contributed by atoms with Crippen molar-refractivity contribution in [1.82, 2.24) is 4.98 Å². The van der Waals surface area contributed by atoms with Crippen LogP contribution in [0.3, 0.4) is 0 Å². The summed E-state index contributed by atoms with van der Waals surface area (Å²) in [5.74, 6) is 0. The molecule has 0 aliphatic carbocycles. The molecule has 0 aliphatic rings. The van der Waals surface area contributed by atoms with Crippen LogP contribution in [0.4, 0.5) is 5.69 Å². The van der Waals surface area contributed by atoms with Crippen molar-refractivity contribution in [1.29, 1.82) is 0 Å². The Morgan fingerprint density at radius 2 is 1.70 bits per heavy atom. The second-order valence-electron chi connectivity index (χ2n) is 2.10. The Balaban J connectivity index is 0.000000810. The molecular weight excluding hydrogens is 309 g/mol. The maximum atomic E-state index is 3.90. The van der Waals surface area contributed by atoms with Crippen LogP contribution in [0.5, 0.6) is 0 Å². The molecule has 0 fully saturated rings. The van der Waals surface area contributed by atoms with Crippen LogP contribution in [0.1, 0.15) is 0 Å². The molecule has 1 radical (unpaired) electrons. The standard InChI is InChI=1S/C7H10N2.Au/c1-9(2)7-3-5-8-6-4-7;/h3-6H,1-2H3;. The molecule has 0 atom stereocenters. The summed E-state index contributed by atoms with van der Waals surface area (Å²) in [4.78, 5) is 5.94. The molecule has 0 unspecified atom stereocenters. The third kappa shape index (κ3) is 2.52. The number of nitrogens with zero attached hydrogens (tertiary/aromatic N) is 2. The summed E-state index contributed by atoms with van der Waals surface area (Å²) in [6.45, 7) is 0. The van der Waals surface area contributed by atoms with Gasteiger partial charge in [0.2, 0.25) is 0 Å². The summed E-state index contributed by atoms with van der Waals surface area (Å²) in [6.07, 6.45) is 3.57. The van der Waals surface area contributed by atoms with Gasteiger partial charge in [0, 0.05) is 54.6 Å². The van der Waals surface area contributed by atoms with Gasteiger partial charge in [-0.2, -0.15) is 0 Å². The Morgan fingerprint density at radius 1 is 1.20 bits per heavy atom. The molecule has 0 aliphatic heterocycles. The molecule has 0 bridgehead atoms. The van der Waals surface area contributed by atoms with E-state index in [1.165, 1.54) is 5.69 Å². The van der Waals surface area contributed by atoms with Gasteiger partial charge in [0.25, 0.3) is 0 Å². The van der Waals surface area contributed by atoms with E-state index in [4.69, 9.17) is 0 Å². The largest absolute Gasteiger partial charge is 0.378 e. The second-order valence-corrected chi connectivity index (χ2v) is 2.10. The molecule has 1 aromatic rings. The van der Waals surface area contributed by atoms with Crippen LogP contribution in [0.15, 0.2) is 24.5 Å². The minimum absolute atomic E-state index is 0. The molecular formula is C7H10AuN2. The fourth-order valence-corrected chi connectivity index (χ4v) is 0.642. The average Bonchev–Trinajstić information content (AvgIpc) is 1.90. The molecule has 2 nitrogen and oxygen atoms in total. The van der Waals surface area contributed by atoms with Crippen molar-refractivity contribution in [2.75, 3.05) is 19.0 Å². The topological polar surface area (TPSA) is 16.1 Å². The number of pyridine rings is 1. The minimum atomic E-state index is 0. The fourth-order valence-electron chi connectivity index (χ4n) is 0.642. The molecule has 0 saturated heterocycles. The van der Waals surface area contributed by atoms with Gasteiger partial charge < -0.3 is 4.90 Å². The predicted molar refractivity (Wildman–Crippen MR) is 38.6 cm³/mol. The Hall–Kier alpha value is -0.310. The van der Waals surface area contributed by atoms with Gasteiger partial charge in [-0.1, -0.05) is 0 Å². The average molecular weight is 319 g/mol. The van der Waals surface area contributed by atoms with Crippen LogP contribution < -0.4 is 4.90 Å². The first kappa shape index (κ1) is 9.69. The van der Waals surface area contributed by atoms with Crippen molar-refractivity contribution in [3.63, 3.8) is 0 Å². The molecule has 0 saturated carbocycles. The van der Waals surface area contributed by atoms with E-state index in [2.05, 4.69) is 4.98 Å². The monoisotopic (exact) mass is 319 g/mol. The SMILES string of the molecule is CN(C)c1ccncc1.[Au]. The Morgan fingerprint density at radius 3 is 2.00 bits per heavy atom. The van der Waals surface area contributed by atoms with Crippen molar-refractivity contribution in [3.8, 4) is 0 Å². The molecule has 3 heteroatoms. The van der Waals surface area contributed by atoms with Crippen molar-refractivity contribution < 1.29 is 22.4 Å². The van der Waals surface area contributed by atoms with Crippen LogP contribution in [0.2, 0.25) is 0 Å². The van der Waals surface area contributed by atoms with Crippen molar-refractivity contribution in [2.45, 2.75) is 0 Å². The van der Waals surface area contributed by atoms with Gasteiger partial charge in [0.15, 0.2) is 0 Å². The quantitative estimate of drug-likeness (QED) is 0.722. The number of anilines is 1. The first-order chi connectivity index (χ1) is 4.30. The van der Waals surface area contributed by atoms with Crippen LogP contribution in [0.25, 0.3) is 0 Å². The molecule has 1 heterocycles. The Labute approximate surface area is 76.8 Å². The van der Waals surface area contributed by atoms with Crippen molar-refractivity contribution >= 4 is 5.69 Å². The zero-order chi connectivity index (χ0) is 6.69. The predicted octanol–water partition coefficient (Wildman–Crippen LogP) is 1.15. The molecule has 0 spiro atoms. The van der Waals surface area contributed by atoms with Gasteiger partial charge in [-0.3, -0.25) is 4.98 Å². The van der Waals surface area contributed by atoms with Crippen LogP contribution in [-0.2, 0) is 22.4 Å². The normalized spacial score (nSPS) is 8.20. The van der Waals surface area contributed by atoms with Gasteiger partial charge >= 0.3 is 0 Å². The van der Waals surface area contributed by atoms with E-state index >= 15 is 0 Å². The Kier molecular flexibility index (Phi) is 4.36. The van der Waals surface area contributed by atoms with Gasteiger partial charge in [0.1, 0.15) is 0 Å². The van der Waals surface area contributed by atoms with E-state index in [9.17, 15) is 0 Å². The zero-order valence-corrected chi connectivity index (χ0v) is 8.17. The van der Waals surface area contributed by atoms with Crippen molar-refractivity contribution in [3.05, 3.63) is 24.5 Å². The van der Waals surface area contributed by atoms with E-state index in [1.807, 2.05) is 31.1 Å². The number of rotatable bonds is 1. The third-order valence-corrected chi connectivity index (χ3v) is 1.18. The molecule has 0 aromatic carbocycles.